The van der Waals surface area contributed by atoms with Crippen LogP contribution >= 0.6 is 34.5 Å². The maximum atomic E-state index is 13.3. The predicted octanol–water partition coefficient (Wildman–Crippen LogP) is 5.49. The SMILES string of the molecule is Cc1cc(C(Cl)c2cscc2C)c(Cl)cc1F. The molecule has 0 saturated heterocycles. The molecule has 1 unspecified atom stereocenters. The van der Waals surface area contributed by atoms with Gasteiger partial charge >= 0.3 is 0 Å². The van der Waals surface area contributed by atoms with Gasteiger partial charge in [-0.05, 0) is 59.0 Å². The first-order valence-corrected chi connectivity index (χ1v) is 6.88. The molecule has 90 valence electrons. The van der Waals surface area contributed by atoms with E-state index >= 15 is 0 Å². The number of aryl methyl sites for hydroxylation is 2. The van der Waals surface area contributed by atoms with Crippen molar-refractivity contribution < 1.29 is 4.39 Å². The normalized spacial score (nSPS) is 12.8. The molecule has 0 fully saturated rings. The second-order valence-corrected chi connectivity index (χ2v) is 5.58. The van der Waals surface area contributed by atoms with Gasteiger partial charge in [-0.3, -0.25) is 0 Å². The van der Waals surface area contributed by atoms with Gasteiger partial charge in [0.05, 0.1) is 5.38 Å². The smallest absolute Gasteiger partial charge is 0.127 e. The van der Waals surface area contributed by atoms with E-state index in [2.05, 4.69) is 0 Å². The van der Waals surface area contributed by atoms with Crippen molar-refractivity contribution in [1.82, 2.24) is 0 Å². The molecule has 0 amide bonds. The molecule has 0 aliphatic carbocycles. The summed E-state index contributed by atoms with van der Waals surface area (Å²) in [6.07, 6.45) is 0. The van der Waals surface area contributed by atoms with Crippen LogP contribution in [-0.4, -0.2) is 0 Å². The van der Waals surface area contributed by atoms with E-state index in [1.165, 1.54) is 6.07 Å². The highest BCUT2D eigenvalue weighted by molar-refractivity contribution is 7.08. The molecule has 1 aromatic heterocycles. The third-order valence-corrected chi connectivity index (χ3v) is 4.40. The molecule has 2 aromatic rings. The van der Waals surface area contributed by atoms with E-state index in [-0.39, 0.29) is 11.2 Å². The zero-order chi connectivity index (χ0) is 12.6. The van der Waals surface area contributed by atoms with Gasteiger partial charge in [-0.15, -0.1) is 11.6 Å². The highest BCUT2D eigenvalue weighted by atomic mass is 35.5. The van der Waals surface area contributed by atoms with Crippen LogP contribution in [0.4, 0.5) is 4.39 Å². The third-order valence-electron chi connectivity index (χ3n) is 2.72. The van der Waals surface area contributed by atoms with Gasteiger partial charge in [-0.25, -0.2) is 4.39 Å². The summed E-state index contributed by atoms with van der Waals surface area (Å²) in [6.45, 7) is 3.71. The number of benzene rings is 1. The second kappa shape index (κ2) is 4.97. The van der Waals surface area contributed by atoms with Crippen molar-refractivity contribution >= 4 is 34.5 Å². The van der Waals surface area contributed by atoms with Gasteiger partial charge in [0, 0.05) is 5.02 Å². The summed E-state index contributed by atoms with van der Waals surface area (Å²) in [5.41, 5.74) is 3.48. The van der Waals surface area contributed by atoms with E-state index in [0.29, 0.717) is 10.6 Å². The van der Waals surface area contributed by atoms with Crippen LogP contribution in [0, 0.1) is 19.7 Å². The fourth-order valence-corrected chi connectivity index (χ4v) is 3.35. The van der Waals surface area contributed by atoms with Crippen LogP contribution in [0.5, 0.6) is 0 Å². The Labute approximate surface area is 114 Å². The highest BCUT2D eigenvalue weighted by Gasteiger charge is 2.18. The van der Waals surface area contributed by atoms with E-state index in [1.807, 2.05) is 17.7 Å². The Bertz CT molecular complexity index is 548. The molecule has 0 nitrogen and oxygen atoms in total. The molecule has 17 heavy (non-hydrogen) atoms. The Morgan fingerprint density at radius 1 is 1.12 bits per heavy atom. The molecule has 4 heteroatoms. The van der Waals surface area contributed by atoms with E-state index in [4.69, 9.17) is 23.2 Å². The van der Waals surface area contributed by atoms with Crippen molar-refractivity contribution in [1.29, 1.82) is 0 Å². The van der Waals surface area contributed by atoms with Gasteiger partial charge in [0.1, 0.15) is 5.82 Å². The molecule has 2 rings (SSSR count). The van der Waals surface area contributed by atoms with Crippen LogP contribution < -0.4 is 0 Å². The van der Waals surface area contributed by atoms with Crippen LogP contribution in [0.25, 0.3) is 0 Å². The van der Waals surface area contributed by atoms with Crippen LogP contribution in [0.2, 0.25) is 5.02 Å². The minimum absolute atomic E-state index is 0.301. The van der Waals surface area contributed by atoms with Crippen LogP contribution in [0.3, 0.4) is 0 Å². The summed E-state index contributed by atoms with van der Waals surface area (Å²) in [7, 11) is 0. The molecule has 1 aromatic carbocycles. The lowest BCUT2D eigenvalue weighted by Crippen LogP contribution is -1.97. The van der Waals surface area contributed by atoms with Crippen LogP contribution in [0.15, 0.2) is 22.9 Å². The quantitative estimate of drug-likeness (QED) is 0.642. The standard InChI is InChI=1S/C13H11Cl2FS/c1-7-3-9(11(14)4-12(7)16)13(15)10-6-17-5-8(10)2/h3-6,13H,1-2H3. The van der Waals surface area contributed by atoms with Gasteiger partial charge < -0.3 is 0 Å². The number of alkyl halides is 1. The lowest BCUT2D eigenvalue weighted by molar-refractivity contribution is 0.618. The third kappa shape index (κ3) is 2.49. The van der Waals surface area contributed by atoms with Crippen LogP contribution in [0.1, 0.15) is 27.6 Å². The summed E-state index contributed by atoms with van der Waals surface area (Å²) >= 11 is 14.1. The molecular weight excluding hydrogens is 278 g/mol. The van der Waals surface area contributed by atoms with Gasteiger partial charge in [-0.2, -0.15) is 11.3 Å². The van der Waals surface area contributed by atoms with Gasteiger partial charge in [0.25, 0.3) is 0 Å². The minimum Gasteiger partial charge on any atom is -0.207 e. The molecular formula is C13H11Cl2FS. The lowest BCUT2D eigenvalue weighted by Gasteiger charge is -2.13. The van der Waals surface area contributed by atoms with E-state index in [0.717, 1.165) is 16.7 Å². The fraction of sp³-hybridized carbons (Fsp3) is 0.231. The Balaban J connectivity index is 2.48. The molecule has 0 spiro atoms. The Morgan fingerprint density at radius 2 is 1.82 bits per heavy atom. The van der Waals surface area contributed by atoms with E-state index in [1.54, 1.807) is 24.3 Å². The molecule has 1 atom stereocenters. The Hall–Kier alpha value is -0.570. The van der Waals surface area contributed by atoms with Crippen molar-refractivity contribution in [3.05, 3.63) is 56.0 Å². The van der Waals surface area contributed by atoms with Gasteiger partial charge in [-0.1, -0.05) is 11.6 Å². The minimum atomic E-state index is -0.326. The number of hydrogen-bond donors (Lipinski definition) is 0. The Kier molecular flexibility index (Phi) is 3.76. The summed E-state index contributed by atoms with van der Waals surface area (Å²) < 4.78 is 13.3. The first kappa shape index (κ1) is 12.9. The average Bonchev–Trinajstić information content (AvgIpc) is 2.69. The maximum Gasteiger partial charge on any atom is 0.127 e. The Morgan fingerprint density at radius 3 is 2.41 bits per heavy atom. The van der Waals surface area contributed by atoms with Crippen molar-refractivity contribution in [2.75, 3.05) is 0 Å². The fourth-order valence-electron chi connectivity index (χ4n) is 1.67. The molecule has 0 bridgehead atoms. The first-order valence-electron chi connectivity index (χ1n) is 5.13. The van der Waals surface area contributed by atoms with Crippen LogP contribution in [-0.2, 0) is 0 Å². The highest BCUT2D eigenvalue weighted by Crippen LogP contribution is 2.37. The maximum absolute atomic E-state index is 13.3. The second-order valence-electron chi connectivity index (χ2n) is 4.00. The van der Waals surface area contributed by atoms with Crippen molar-refractivity contribution in [3.8, 4) is 0 Å². The zero-order valence-corrected chi connectivity index (χ0v) is 11.8. The predicted molar refractivity (Wildman–Crippen MR) is 72.9 cm³/mol. The number of halogens is 3. The summed E-state index contributed by atoms with van der Waals surface area (Å²) in [5.74, 6) is -0.301. The number of rotatable bonds is 2. The molecule has 0 N–H and O–H groups in total. The van der Waals surface area contributed by atoms with Gasteiger partial charge in [0.15, 0.2) is 0 Å². The van der Waals surface area contributed by atoms with E-state index < -0.39 is 0 Å². The molecule has 0 saturated carbocycles. The topological polar surface area (TPSA) is 0 Å². The summed E-state index contributed by atoms with van der Waals surface area (Å²) in [6, 6.07) is 3.04. The molecule has 1 heterocycles. The molecule has 0 aliphatic rings. The molecule has 0 aliphatic heterocycles. The van der Waals surface area contributed by atoms with E-state index in [9.17, 15) is 4.39 Å². The largest absolute Gasteiger partial charge is 0.207 e. The first-order chi connectivity index (χ1) is 8.00. The average molecular weight is 289 g/mol. The summed E-state index contributed by atoms with van der Waals surface area (Å²) in [5, 5.41) is 4.09. The van der Waals surface area contributed by atoms with Crippen molar-refractivity contribution in [3.63, 3.8) is 0 Å². The van der Waals surface area contributed by atoms with Crippen molar-refractivity contribution in [2.45, 2.75) is 19.2 Å². The monoisotopic (exact) mass is 288 g/mol. The number of thiophene rings is 1. The summed E-state index contributed by atoms with van der Waals surface area (Å²) in [4.78, 5) is 0. The zero-order valence-electron chi connectivity index (χ0n) is 9.43. The lowest BCUT2D eigenvalue weighted by atomic mass is 10.0. The molecule has 0 radical (unpaired) electrons. The van der Waals surface area contributed by atoms with Crippen molar-refractivity contribution in [2.24, 2.45) is 0 Å². The number of hydrogen-bond acceptors (Lipinski definition) is 1. The van der Waals surface area contributed by atoms with Gasteiger partial charge in [0.2, 0.25) is 0 Å².